The molecule has 1 aliphatic heterocycles. The van der Waals surface area contributed by atoms with E-state index in [-0.39, 0.29) is 11.5 Å². The first-order valence-corrected chi connectivity index (χ1v) is 13.3. The summed E-state index contributed by atoms with van der Waals surface area (Å²) < 4.78 is 14.2. The molecule has 0 saturated carbocycles. The molecule has 0 spiro atoms. The lowest BCUT2D eigenvalue weighted by molar-refractivity contribution is -0.917. The molecule has 182 valence electrons. The number of thiophene rings is 1. The number of benzene rings is 2. The van der Waals surface area contributed by atoms with Gasteiger partial charge in [-0.05, 0) is 43.4 Å². The van der Waals surface area contributed by atoms with Crippen molar-refractivity contribution in [3.63, 3.8) is 0 Å². The molecule has 0 bridgehead atoms. The number of amides is 2. The van der Waals surface area contributed by atoms with Crippen LogP contribution in [0.15, 0.2) is 54.6 Å². The van der Waals surface area contributed by atoms with E-state index in [4.69, 9.17) is 0 Å². The Kier molecular flexibility index (Phi) is 7.25. The van der Waals surface area contributed by atoms with Crippen LogP contribution in [0.5, 0.6) is 0 Å². The third-order valence-electron chi connectivity index (χ3n) is 7.04. The van der Waals surface area contributed by atoms with Gasteiger partial charge in [-0.2, -0.15) is 0 Å². The monoisotopic (exact) mass is 492 g/mol. The smallest absolute Gasteiger partial charge is 0.259 e. The molecule has 0 unspecified atom stereocenters. The van der Waals surface area contributed by atoms with Crippen molar-refractivity contribution in [2.24, 2.45) is 0 Å². The number of rotatable bonds is 5. The third-order valence-corrected chi connectivity index (χ3v) is 8.24. The molecule has 5 nitrogen and oxygen atoms in total. The maximum atomic E-state index is 14.2. The van der Waals surface area contributed by atoms with Crippen LogP contribution < -0.4 is 10.2 Å². The average Bonchev–Trinajstić information content (AvgIpc) is 3.04. The lowest BCUT2D eigenvalue weighted by Crippen LogP contribution is -3.13. The van der Waals surface area contributed by atoms with Gasteiger partial charge >= 0.3 is 0 Å². The van der Waals surface area contributed by atoms with Gasteiger partial charge in [-0.25, -0.2) is 4.39 Å². The van der Waals surface area contributed by atoms with Gasteiger partial charge in [0.15, 0.2) is 0 Å². The molecule has 3 aromatic rings. The predicted octanol–water partition coefficient (Wildman–Crippen LogP) is 3.95. The summed E-state index contributed by atoms with van der Waals surface area (Å²) >= 11 is 1.49. The molecule has 1 aromatic heterocycles. The number of hydrogen-bond donors (Lipinski definition) is 2. The SMILES string of the molecule is O=C(Nc1sc2c(c1C(=O)N1CC[NH+](Cc3ccccc3)CC1)CCCCC2)c1ccccc1F. The average molecular weight is 493 g/mol. The van der Waals surface area contributed by atoms with Crippen LogP contribution in [0.4, 0.5) is 9.39 Å². The predicted molar refractivity (Wildman–Crippen MR) is 137 cm³/mol. The second-order valence-electron chi connectivity index (χ2n) is 9.41. The summed E-state index contributed by atoms with van der Waals surface area (Å²) in [4.78, 5) is 31.3. The van der Waals surface area contributed by atoms with E-state index in [2.05, 4.69) is 29.6 Å². The second kappa shape index (κ2) is 10.7. The van der Waals surface area contributed by atoms with Gasteiger partial charge in [0.25, 0.3) is 11.8 Å². The van der Waals surface area contributed by atoms with E-state index in [1.54, 1.807) is 12.1 Å². The minimum atomic E-state index is -0.562. The first-order valence-electron chi connectivity index (χ1n) is 12.5. The Morgan fingerprint density at radius 3 is 2.43 bits per heavy atom. The highest BCUT2D eigenvalue weighted by Gasteiger charge is 2.31. The highest BCUT2D eigenvalue weighted by molar-refractivity contribution is 7.17. The zero-order valence-corrected chi connectivity index (χ0v) is 20.6. The van der Waals surface area contributed by atoms with Gasteiger partial charge in [0, 0.05) is 10.4 Å². The van der Waals surface area contributed by atoms with Crippen LogP contribution in [0.1, 0.15) is 56.0 Å². The molecule has 35 heavy (non-hydrogen) atoms. The molecule has 1 aliphatic carbocycles. The van der Waals surface area contributed by atoms with Crippen LogP contribution in [-0.4, -0.2) is 42.9 Å². The van der Waals surface area contributed by atoms with E-state index >= 15 is 0 Å². The fraction of sp³-hybridized carbons (Fsp3) is 0.357. The Hall–Kier alpha value is -3.03. The summed E-state index contributed by atoms with van der Waals surface area (Å²) in [5.74, 6) is -1.08. The molecule has 2 aromatic carbocycles. The fourth-order valence-corrected chi connectivity index (χ4v) is 6.39. The van der Waals surface area contributed by atoms with Gasteiger partial charge in [0.1, 0.15) is 17.4 Å². The molecule has 7 heteroatoms. The van der Waals surface area contributed by atoms with Crippen LogP contribution in [0.2, 0.25) is 0 Å². The quantitative estimate of drug-likeness (QED) is 0.530. The van der Waals surface area contributed by atoms with E-state index < -0.39 is 11.7 Å². The summed E-state index contributed by atoms with van der Waals surface area (Å²) in [6.45, 7) is 4.12. The van der Waals surface area contributed by atoms with Crippen LogP contribution in [0.3, 0.4) is 0 Å². The Bertz CT molecular complexity index is 1200. The van der Waals surface area contributed by atoms with E-state index in [0.29, 0.717) is 23.7 Å². The molecule has 5 rings (SSSR count). The molecule has 2 N–H and O–H groups in total. The first kappa shape index (κ1) is 23.7. The number of carbonyl (C=O) groups excluding carboxylic acids is 2. The van der Waals surface area contributed by atoms with Gasteiger partial charge in [-0.3, -0.25) is 9.59 Å². The summed E-state index contributed by atoms with van der Waals surface area (Å²) in [7, 11) is 0. The molecule has 0 atom stereocenters. The van der Waals surface area contributed by atoms with Gasteiger partial charge in [0.05, 0.1) is 37.3 Å². The number of anilines is 1. The van der Waals surface area contributed by atoms with Crippen LogP contribution in [0.25, 0.3) is 0 Å². The summed E-state index contributed by atoms with van der Waals surface area (Å²) in [5, 5.41) is 3.46. The van der Waals surface area contributed by atoms with E-state index in [0.717, 1.165) is 57.3 Å². The zero-order chi connectivity index (χ0) is 24.2. The molecule has 2 amide bonds. The molecule has 2 heterocycles. The topological polar surface area (TPSA) is 53.9 Å². The zero-order valence-electron chi connectivity index (χ0n) is 19.8. The molecular weight excluding hydrogens is 461 g/mol. The number of carbonyl (C=O) groups is 2. The van der Waals surface area contributed by atoms with Crippen molar-refractivity contribution in [1.82, 2.24) is 4.90 Å². The summed E-state index contributed by atoms with van der Waals surface area (Å²) in [5.41, 5.74) is 3.01. The third kappa shape index (κ3) is 5.31. The normalized spacial score (nSPS) is 16.4. The standard InChI is InChI=1S/C28H30FN3O2S/c29-23-13-8-7-11-21(23)26(33)30-27-25(22-12-5-2-6-14-24(22)35-27)28(34)32-17-15-31(16-18-32)19-20-9-3-1-4-10-20/h1,3-4,7-11,13H,2,5-6,12,14-19H2,(H,30,33)/p+1. The first-order chi connectivity index (χ1) is 17.1. The van der Waals surface area contributed by atoms with Crippen molar-refractivity contribution in [1.29, 1.82) is 0 Å². The summed E-state index contributed by atoms with van der Waals surface area (Å²) in [6, 6.07) is 16.4. The minimum absolute atomic E-state index is 0.00683. The molecule has 2 aliphatic rings. The Labute approximate surface area is 209 Å². The largest absolute Gasteiger partial charge is 0.328 e. The van der Waals surface area contributed by atoms with Crippen molar-refractivity contribution in [2.75, 3.05) is 31.5 Å². The molecular formula is C28H31FN3O2S+. The number of piperazine rings is 1. The maximum Gasteiger partial charge on any atom is 0.259 e. The molecule has 1 fully saturated rings. The summed E-state index contributed by atoms with van der Waals surface area (Å²) in [6.07, 6.45) is 5.04. The van der Waals surface area contributed by atoms with Gasteiger partial charge in [0.2, 0.25) is 0 Å². The fourth-order valence-electron chi connectivity index (χ4n) is 5.12. The number of halogens is 1. The lowest BCUT2D eigenvalue weighted by atomic mass is 10.0. The molecule has 1 saturated heterocycles. The van der Waals surface area contributed by atoms with Crippen molar-refractivity contribution >= 4 is 28.2 Å². The van der Waals surface area contributed by atoms with E-state index in [9.17, 15) is 14.0 Å². The Morgan fingerprint density at radius 2 is 1.66 bits per heavy atom. The van der Waals surface area contributed by atoms with Crippen LogP contribution >= 0.6 is 11.3 Å². The van der Waals surface area contributed by atoms with E-state index in [1.807, 2.05) is 11.0 Å². The minimum Gasteiger partial charge on any atom is -0.328 e. The Morgan fingerprint density at radius 1 is 0.943 bits per heavy atom. The number of nitrogens with zero attached hydrogens (tertiary/aromatic N) is 1. The van der Waals surface area contributed by atoms with Gasteiger partial charge in [-0.1, -0.05) is 48.9 Å². The van der Waals surface area contributed by atoms with Crippen molar-refractivity contribution in [3.8, 4) is 0 Å². The van der Waals surface area contributed by atoms with Crippen molar-refractivity contribution in [2.45, 2.75) is 38.6 Å². The van der Waals surface area contributed by atoms with Crippen molar-refractivity contribution in [3.05, 3.63) is 87.5 Å². The highest BCUT2D eigenvalue weighted by Crippen LogP contribution is 2.38. The van der Waals surface area contributed by atoms with Gasteiger partial charge < -0.3 is 15.1 Å². The van der Waals surface area contributed by atoms with Crippen molar-refractivity contribution < 1.29 is 18.9 Å². The number of nitrogens with one attached hydrogen (secondary N) is 2. The molecule has 0 radical (unpaired) electrons. The number of hydrogen-bond acceptors (Lipinski definition) is 3. The van der Waals surface area contributed by atoms with Crippen LogP contribution in [-0.2, 0) is 19.4 Å². The second-order valence-corrected chi connectivity index (χ2v) is 10.5. The van der Waals surface area contributed by atoms with Crippen LogP contribution in [0, 0.1) is 5.82 Å². The maximum absolute atomic E-state index is 14.2. The number of aryl methyl sites for hydroxylation is 1. The Balaban J connectivity index is 1.35. The highest BCUT2D eigenvalue weighted by atomic mass is 32.1. The number of quaternary nitrogens is 1. The van der Waals surface area contributed by atoms with Gasteiger partial charge in [-0.15, -0.1) is 11.3 Å². The lowest BCUT2D eigenvalue weighted by Gasteiger charge is -2.32. The number of fused-ring (bicyclic) bond motifs is 1. The van der Waals surface area contributed by atoms with E-state index in [1.165, 1.54) is 38.8 Å².